The number of carbonyl (C=O) groups is 1. The van der Waals surface area contributed by atoms with Gasteiger partial charge in [-0.3, -0.25) is 4.79 Å². The van der Waals surface area contributed by atoms with E-state index in [-0.39, 0.29) is 23.5 Å². The lowest BCUT2D eigenvalue weighted by Gasteiger charge is -2.28. The second-order valence-corrected chi connectivity index (χ2v) is 10.4. The van der Waals surface area contributed by atoms with Crippen LogP contribution in [0.3, 0.4) is 0 Å². The van der Waals surface area contributed by atoms with E-state index in [1.165, 1.54) is 6.08 Å². The van der Waals surface area contributed by atoms with Crippen molar-refractivity contribution < 1.29 is 13.2 Å². The average Bonchev–Trinajstić information content (AvgIpc) is 3.12. The van der Waals surface area contributed by atoms with E-state index in [1.54, 1.807) is 17.0 Å². The minimum Gasteiger partial charge on any atom is -0.372 e. The first-order valence-corrected chi connectivity index (χ1v) is 12.8. The molecule has 5 nitrogen and oxygen atoms in total. The van der Waals surface area contributed by atoms with Gasteiger partial charge in [0, 0.05) is 42.5 Å². The number of rotatable bonds is 8. The number of sulfone groups is 1. The average molecular weight is 461 g/mol. The zero-order valence-corrected chi connectivity index (χ0v) is 19.6. The van der Waals surface area contributed by atoms with Gasteiger partial charge in [0.05, 0.1) is 11.5 Å². The van der Waals surface area contributed by atoms with Crippen molar-refractivity contribution in [2.75, 3.05) is 29.5 Å². The summed E-state index contributed by atoms with van der Waals surface area (Å²) >= 11 is 6.19. The molecule has 1 aliphatic rings. The molecule has 0 N–H and O–H groups in total. The summed E-state index contributed by atoms with van der Waals surface area (Å²) in [5.41, 5.74) is 2.86. The van der Waals surface area contributed by atoms with Crippen molar-refractivity contribution in [3.8, 4) is 0 Å². The Bertz CT molecular complexity index is 1030. The van der Waals surface area contributed by atoms with Crippen molar-refractivity contribution in [3.63, 3.8) is 0 Å². The molecule has 0 bridgehead atoms. The molecule has 0 radical (unpaired) electrons. The van der Waals surface area contributed by atoms with Gasteiger partial charge in [-0.1, -0.05) is 41.9 Å². The standard InChI is InChI=1S/C24H29ClN2O3S/c1-3-26(4-2)21-12-9-19(10-13-21)17-27(22-15-16-31(29,30)18-22)24(28)14-11-20-7-5-6-8-23(20)25/h5-14,22H,3-4,15-18H2,1-2H3/b14-11+. The number of nitrogens with zero attached hydrogens (tertiary/aromatic N) is 2. The number of halogens is 1. The fraction of sp³-hybridized carbons (Fsp3) is 0.375. The van der Waals surface area contributed by atoms with Crippen LogP contribution in [-0.4, -0.2) is 49.9 Å². The van der Waals surface area contributed by atoms with Crippen molar-refractivity contribution in [1.82, 2.24) is 4.90 Å². The number of amides is 1. The Morgan fingerprint density at radius 2 is 1.77 bits per heavy atom. The van der Waals surface area contributed by atoms with Crippen LogP contribution in [-0.2, 0) is 21.2 Å². The van der Waals surface area contributed by atoms with Crippen LogP contribution in [0.4, 0.5) is 5.69 Å². The second-order valence-electron chi connectivity index (χ2n) is 7.72. The first-order chi connectivity index (χ1) is 14.8. The Hall–Kier alpha value is -2.31. The van der Waals surface area contributed by atoms with Crippen LogP contribution >= 0.6 is 11.6 Å². The van der Waals surface area contributed by atoms with Gasteiger partial charge in [-0.2, -0.15) is 0 Å². The first kappa shape index (κ1) is 23.4. The molecule has 7 heteroatoms. The lowest BCUT2D eigenvalue weighted by Crippen LogP contribution is -2.39. The number of carbonyl (C=O) groups excluding carboxylic acids is 1. The third-order valence-electron chi connectivity index (χ3n) is 5.66. The Morgan fingerprint density at radius 1 is 1.10 bits per heavy atom. The van der Waals surface area contributed by atoms with Crippen molar-refractivity contribution in [3.05, 3.63) is 70.8 Å². The van der Waals surface area contributed by atoms with Gasteiger partial charge in [0.25, 0.3) is 0 Å². The van der Waals surface area contributed by atoms with E-state index < -0.39 is 9.84 Å². The molecule has 0 aromatic heterocycles. The predicted octanol–water partition coefficient (Wildman–Crippen LogP) is 4.42. The number of benzene rings is 2. The maximum Gasteiger partial charge on any atom is 0.247 e. The number of hydrogen-bond acceptors (Lipinski definition) is 4. The molecule has 1 aliphatic heterocycles. The van der Waals surface area contributed by atoms with Gasteiger partial charge in [-0.25, -0.2) is 8.42 Å². The maximum atomic E-state index is 13.1. The minimum atomic E-state index is -3.11. The van der Waals surface area contributed by atoms with E-state index in [9.17, 15) is 13.2 Å². The second kappa shape index (κ2) is 10.3. The van der Waals surface area contributed by atoms with Gasteiger partial charge < -0.3 is 9.80 Å². The summed E-state index contributed by atoms with van der Waals surface area (Å²) in [6, 6.07) is 15.1. The van der Waals surface area contributed by atoms with E-state index >= 15 is 0 Å². The SMILES string of the molecule is CCN(CC)c1ccc(CN(C(=O)/C=C/c2ccccc2Cl)C2CCS(=O)(=O)C2)cc1. The van der Waals surface area contributed by atoms with Gasteiger partial charge in [0.1, 0.15) is 0 Å². The van der Waals surface area contributed by atoms with Gasteiger partial charge in [-0.15, -0.1) is 0 Å². The Balaban J connectivity index is 1.81. The maximum absolute atomic E-state index is 13.1. The highest BCUT2D eigenvalue weighted by Gasteiger charge is 2.34. The highest BCUT2D eigenvalue weighted by molar-refractivity contribution is 7.91. The molecule has 1 amide bonds. The summed E-state index contributed by atoms with van der Waals surface area (Å²) in [5.74, 6) is -0.0814. The van der Waals surface area contributed by atoms with E-state index in [1.807, 2.05) is 30.3 Å². The molecule has 0 aliphatic carbocycles. The van der Waals surface area contributed by atoms with Crippen LogP contribution in [0.2, 0.25) is 5.02 Å². The molecule has 1 fully saturated rings. The molecule has 1 saturated heterocycles. The van der Waals surface area contributed by atoms with E-state index in [0.717, 1.165) is 29.9 Å². The van der Waals surface area contributed by atoms with Crippen LogP contribution in [0.25, 0.3) is 6.08 Å². The van der Waals surface area contributed by atoms with Crippen molar-refractivity contribution in [2.45, 2.75) is 32.9 Å². The lowest BCUT2D eigenvalue weighted by atomic mass is 10.1. The molecular weight excluding hydrogens is 432 g/mol. The fourth-order valence-corrected chi connectivity index (χ4v) is 5.80. The van der Waals surface area contributed by atoms with Gasteiger partial charge in [-0.05, 0) is 55.7 Å². The summed E-state index contributed by atoms with van der Waals surface area (Å²) < 4.78 is 24.1. The molecule has 2 aromatic rings. The van der Waals surface area contributed by atoms with Crippen LogP contribution in [0.15, 0.2) is 54.6 Å². The molecule has 1 atom stereocenters. The highest BCUT2D eigenvalue weighted by Crippen LogP contribution is 2.23. The predicted molar refractivity (Wildman–Crippen MR) is 128 cm³/mol. The number of anilines is 1. The van der Waals surface area contributed by atoms with E-state index in [0.29, 0.717) is 18.0 Å². The molecular formula is C24H29ClN2O3S. The molecule has 166 valence electrons. The molecule has 1 heterocycles. The highest BCUT2D eigenvalue weighted by atomic mass is 35.5. The van der Waals surface area contributed by atoms with Crippen LogP contribution in [0.5, 0.6) is 0 Å². The Labute approximate surface area is 190 Å². The third-order valence-corrected chi connectivity index (χ3v) is 7.76. The lowest BCUT2D eigenvalue weighted by molar-refractivity contribution is -0.128. The fourth-order valence-electron chi connectivity index (χ4n) is 3.87. The summed E-state index contributed by atoms with van der Waals surface area (Å²) in [6.07, 6.45) is 3.63. The molecule has 3 rings (SSSR count). The zero-order chi connectivity index (χ0) is 22.4. The molecule has 31 heavy (non-hydrogen) atoms. The quantitative estimate of drug-likeness (QED) is 0.547. The van der Waals surface area contributed by atoms with E-state index in [4.69, 9.17) is 11.6 Å². The molecule has 0 saturated carbocycles. The van der Waals surface area contributed by atoms with Crippen LogP contribution < -0.4 is 4.90 Å². The number of hydrogen-bond donors (Lipinski definition) is 0. The van der Waals surface area contributed by atoms with Gasteiger partial charge >= 0.3 is 0 Å². The van der Waals surface area contributed by atoms with Crippen molar-refractivity contribution in [1.29, 1.82) is 0 Å². The van der Waals surface area contributed by atoms with Crippen molar-refractivity contribution in [2.24, 2.45) is 0 Å². The molecule has 2 aromatic carbocycles. The Morgan fingerprint density at radius 3 is 2.35 bits per heavy atom. The minimum absolute atomic E-state index is 0.0101. The topological polar surface area (TPSA) is 57.7 Å². The largest absolute Gasteiger partial charge is 0.372 e. The summed E-state index contributed by atoms with van der Waals surface area (Å²) in [4.78, 5) is 17.0. The van der Waals surface area contributed by atoms with Gasteiger partial charge in [0.2, 0.25) is 5.91 Å². The molecule has 1 unspecified atom stereocenters. The zero-order valence-electron chi connectivity index (χ0n) is 18.0. The van der Waals surface area contributed by atoms with Crippen LogP contribution in [0.1, 0.15) is 31.4 Å². The van der Waals surface area contributed by atoms with Crippen LogP contribution in [0, 0.1) is 0 Å². The first-order valence-electron chi connectivity index (χ1n) is 10.6. The third kappa shape index (κ3) is 6.11. The monoisotopic (exact) mass is 460 g/mol. The summed E-state index contributed by atoms with van der Waals surface area (Å²) in [7, 11) is -3.11. The van der Waals surface area contributed by atoms with E-state index in [2.05, 4.69) is 30.9 Å². The summed E-state index contributed by atoms with van der Waals surface area (Å²) in [6.45, 7) is 6.44. The van der Waals surface area contributed by atoms with Gasteiger partial charge in [0.15, 0.2) is 9.84 Å². The Kier molecular flexibility index (Phi) is 7.79. The molecule has 0 spiro atoms. The normalized spacial score (nSPS) is 17.7. The summed E-state index contributed by atoms with van der Waals surface area (Å²) in [5, 5.41) is 0.563. The van der Waals surface area contributed by atoms with Crippen molar-refractivity contribution >= 4 is 39.1 Å². The smallest absolute Gasteiger partial charge is 0.247 e.